The maximum atomic E-state index is 11.1. The number of hydrogen-bond acceptors (Lipinski definition) is 5. The molecule has 0 aliphatic carbocycles. The van der Waals surface area contributed by atoms with Gasteiger partial charge < -0.3 is 10.6 Å². The fourth-order valence-electron chi connectivity index (χ4n) is 1.86. The van der Waals surface area contributed by atoms with Crippen LogP contribution in [0.1, 0.15) is 17.7 Å². The number of aliphatic hydroxyl groups is 1. The molecule has 1 aromatic rings. The van der Waals surface area contributed by atoms with Crippen molar-refractivity contribution in [2.24, 2.45) is 5.14 Å². The van der Waals surface area contributed by atoms with E-state index in [9.17, 15) is 13.5 Å². The van der Waals surface area contributed by atoms with Gasteiger partial charge in [-0.1, -0.05) is 11.8 Å². The van der Waals surface area contributed by atoms with Crippen LogP contribution in [-0.2, 0) is 10.0 Å². The summed E-state index contributed by atoms with van der Waals surface area (Å²) in [5.41, 5.74) is 0. The second-order valence-electron chi connectivity index (χ2n) is 4.47. The molecule has 0 bridgehead atoms. The molecular weight excluding hydrogens is 336 g/mol. The first-order valence-electron chi connectivity index (χ1n) is 5.97. The van der Waals surface area contributed by atoms with E-state index >= 15 is 0 Å². The molecule has 0 aromatic carbocycles. The van der Waals surface area contributed by atoms with Crippen LogP contribution in [0.5, 0.6) is 0 Å². The topological polar surface area (TPSA) is 115 Å². The number of piperidine rings is 1. The summed E-state index contributed by atoms with van der Waals surface area (Å²) in [5.74, 6) is 5.96. The molecule has 1 aliphatic heterocycles. The molecule has 0 amide bonds. The average molecular weight is 355 g/mol. The molecule has 0 unspecified atom stereocenters. The number of sulfonamides is 1. The fraction of sp³-hybridized carbons (Fsp3) is 0.500. The Labute approximate surface area is 134 Å². The lowest BCUT2D eigenvalue weighted by molar-refractivity contribution is 0.0889. The van der Waals surface area contributed by atoms with Crippen molar-refractivity contribution in [2.45, 2.75) is 23.2 Å². The van der Waals surface area contributed by atoms with Crippen LogP contribution in [0.15, 0.2) is 16.3 Å². The highest BCUT2D eigenvalue weighted by Gasteiger charge is 2.15. The molecule has 0 spiro atoms. The van der Waals surface area contributed by atoms with Crippen molar-refractivity contribution >= 4 is 33.8 Å². The van der Waals surface area contributed by atoms with Crippen LogP contribution in [0.4, 0.5) is 0 Å². The highest BCUT2D eigenvalue weighted by Crippen LogP contribution is 2.19. The number of likely N-dealkylation sites (tertiary alicyclic amines) is 1. The molecule has 1 saturated heterocycles. The van der Waals surface area contributed by atoms with Gasteiger partial charge in [0.15, 0.2) is 0 Å². The molecule has 0 atom stereocenters. The Morgan fingerprint density at radius 2 is 2.00 bits per heavy atom. The third kappa shape index (κ3) is 6.32. The van der Waals surface area contributed by atoms with Crippen LogP contribution in [0.3, 0.4) is 0 Å². The number of nitrogens with two attached hydrogens (primary N) is 1. The molecule has 120 valence electrons. The fourth-order valence-corrected chi connectivity index (χ4v) is 3.46. The molecule has 0 saturated carbocycles. The number of rotatable bonds is 2. The van der Waals surface area contributed by atoms with Crippen LogP contribution >= 0.6 is 23.7 Å². The smallest absolute Gasteiger partial charge is 0.247 e. The Bertz CT molecular complexity index is 598. The van der Waals surface area contributed by atoms with Gasteiger partial charge in [-0.15, -0.1) is 23.7 Å². The number of halogens is 1. The predicted molar refractivity (Wildman–Crippen MR) is 85.1 cm³/mol. The van der Waals surface area contributed by atoms with E-state index in [0.29, 0.717) is 11.4 Å². The molecule has 2 heterocycles. The number of primary sulfonamides is 1. The first kappa shape index (κ1) is 20.3. The zero-order valence-corrected chi connectivity index (χ0v) is 13.7. The van der Waals surface area contributed by atoms with E-state index in [-0.39, 0.29) is 28.2 Å². The molecule has 5 N–H and O–H groups in total. The summed E-state index contributed by atoms with van der Waals surface area (Å²) in [6.45, 7) is 2.33. The summed E-state index contributed by atoms with van der Waals surface area (Å²) in [6, 6.07) is 3.14. The van der Waals surface area contributed by atoms with Crippen molar-refractivity contribution < 1.29 is 19.0 Å². The summed E-state index contributed by atoms with van der Waals surface area (Å²) < 4.78 is 22.3. The lowest BCUT2D eigenvalue weighted by atomic mass is 10.1. The Hall–Kier alpha value is -0.660. The van der Waals surface area contributed by atoms with Gasteiger partial charge >= 0.3 is 0 Å². The average Bonchev–Trinajstić information content (AvgIpc) is 2.80. The van der Waals surface area contributed by atoms with Crippen molar-refractivity contribution in [2.75, 3.05) is 19.6 Å². The second-order valence-corrected chi connectivity index (χ2v) is 7.34. The predicted octanol–water partition coefficient (Wildman–Crippen LogP) is -0.199. The summed E-state index contributed by atoms with van der Waals surface area (Å²) in [6.07, 6.45) is 1.39. The first-order chi connectivity index (χ1) is 8.95. The van der Waals surface area contributed by atoms with Gasteiger partial charge in [0.25, 0.3) is 0 Å². The maximum absolute atomic E-state index is 11.1. The van der Waals surface area contributed by atoms with Gasteiger partial charge in [0, 0.05) is 13.1 Å². The molecule has 1 aromatic heterocycles. The molecular formula is C12H19ClN2O4S2. The van der Waals surface area contributed by atoms with Crippen molar-refractivity contribution in [3.8, 4) is 11.8 Å². The normalized spacial score (nSPS) is 16.3. The number of hydrogen-bond donors (Lipinski definition) is 2. The standard InChI is InChI=1S/C12H16N2O3S2.ClH.H2O/c13-19(16,17)12-4-3-11(18-12)2-1-7-14-8-5-10(15)6-9-14;;/h3-4,10,15H,5-9H2,(H2,13,16,17);1H;1H2. The monoisotopic (exact) mass is 354 g/mol. The lowest BCUT2D eigenvalue weighted by Gasteiger charge is -2.27. The van der Waals surface area contributed by atoms with Crippen molar-refractivity contribution in [1.82, 2.24) is 4.90 Å². The Balaban J connectivity index is 0.00000200. The van der Waals surface area contributed by atoms with E-state index in [1.807, 2.05) is 0 Å². The van der Waals surface area contributed by atoms with Gasteiger partial charge in [-0.2, -0.15) is 0 Å². The number of aliphatic hydroxyl groups excluding tert-OH is 1. The number of thiophene rings is 1. The van der Waals surface area contributed by atoms with Crippen molar-refractivity contribution in [3.05, 3.63) is 17.0 Å². The summed E-state index contributed by atoms with van der Waals surface area (Å²) in [5, 5.41) is 14.4. The Morgan fingerprint density at radius 3 is 2.52 bits per heavy atom. The molecule has 21 heavy (non-hydrogen) atoms. The van der Waals surface area contributed by atoms with E-state index < -0.39 is 10.0 Å². The summed E-state index contributed by atoms with van der Waals surface area (Å²) in [4.78, 5) is 2.87. The third-order valence-electron chi connectivity index (χ3n) is 2.93. The lowest BCUT2D eigenvalue weighted by Crippen LogP contribution is -2.35. The molecule has 9 heteroatoms. The number of nitrogens with zero attached hydrogens (tertiary/aromatic N) is 1. The SMILES string of the molecule is Cl.NS(=O)(=O)c1ccc(C#CCN2CCC(O)CC2)s1.O. The quantitative estimate of drug-likeness (QED) is 0.715. The zero-order valence-electron chi connectivity index (χ0n) is 11.3. The Kier molecular flexibility index (Phi) is 8.43. The first-order valence-corrected chi connectivity index (χ1v) is 8.33. The van der Waals surface area contributed by atoms with Gasteiger partial charge in [0.05, 0.1) is 17.5 Å². The van der Waals surface area contributed by atoms with Crippen LogP contribution < -0.4 is 5.14 Å². The second kappa shape index (κ2) is 8.70. The van der Waals surface area contributed by atoms with Gasteiger partial charge in [-0.3, -0.25) is 4.90 Å². The maximum Gasteiger partial charge on any atom is 0.247 e. The minimum Gasteiger partial charge on any atom is -0.412 e. The Morgan fingerprint density at radius 1 is 1.38 bits per heavy atom. The zero-order chi connectivity index (χ0) is 13.9. The summed E-state index contributed by atoms with van der Waals surface area (Å²) >= 11 is 1.08. The largest absolute Gasteiger partial charge is 0.412 e. The van der Waals surface area contributed by atoms with Gasteiger partial charge in [0.1, 0.15) is 4.21 Å². The minimum absolute atomic E-state index is 0. The van der Waals surface area contributed by atoms with Crippen molar-refractivity contribution in [3.63, 3.8) is 0 Å². The van der Waals surface area contributed by atoms with Crippen LogP contribution in [-0.4, -0.2) is 49.6 Å². The van der Waals surface area contributed by atoms with E-state index in [2.05, 4.69) is 16.7 Å². The van der Waals surface area contributed by atoms with E-state index in [4.69, 9.17) is 5.14 Å². The van der Waals surface area contributed by atoms with Gasteiger partial charge in [-0.25, -0.2) is 13.6 Å². The summed E-state index contributed by atoms with van der Waals surface area (Å²) in [7, 11) is -3.62. The molecule has 1 fully saturated rings. The molecule has 6 nitrogen and oxygen atoms in total. The molecule has 1 aliphatic rings. The van der Waals surface area contributed by atoms with Crippen molar-refractivity contribution in [1.29, 1.82) is 0 Å². The molecule has 0 radical (unpaired) electrons. The van der Waals surface area contributed by atoms with E-state index in [0.717, 1.165) is 37.3 Å². The van der Waals surface area contributed by atoms with Crippen LogP contribution in [0.2, 0.25) is 0 Å². The van der Waals surface area contributed by atoms with Crippen LogP contribution in [0, 0.1) is 11.8 Å². The minimum atomic E-state index is -3.62. The van der Waals surface area contributed by atoms with E-state index in [1.54, 1.807) is 6.07 Å². The van der Waals surface area contributed by atoms with Gasteiger partial charge in [-0.05, 0) is 25.0 Å². The van der Waals surface area contributed by atoms with E-state index in [1.165, 1.54) is 6.07 Å². The highest BCUT2D eigenvalue weighted by atomic mass is 35.5. The highest BCUT2D eigenvalue weighted by molar-refractivity contribution is 7.91. The van der Waals surface area contributed by atoms with Crippen LogP contribution in [0.25, 0.3) is 0 Å². The molecule has 2 rings (SSSR count). The third-order valence-corrected chi connectivity index (χ3v) is 5.37. The van der Waals surface area contributed by atoms with Gasteiger partial charge in [0.2, 0.25) is 10.0 Å².